The highest BCUT2D eigenvalue weighted by Crippen LogP contribution is 2.49. The fourth-order valence-electron chi connectivity index (χ4n) is 7.52. The van der Waals surface area contributed by atoms with Gasteiger partial charge in [-0.2, -0.15) is 0 Å². The topological polar surface area (TPSA) is 106 Å². The van der Waals surface area contributed by atoms with Crippen molar-refractivity contribution in [2.24, 2.45) is 0 Å². The van der Waals surface area contributed by atoms with Crippen LogP contribution in [0.4, 0.5) is 4.79 Å². The highest BCUT2D eigenvalue weighted by Gasteiger charge is 2.56. The average molecular weight is 574 g/mol. The van der Waals surface area contributed by atoms with Crippen LogP contribution in [0.2, 0.25) is 16.6 Å². The molecule has 40 heavy (non-hydrogen) atoms. The van der Waals surface area contributed by atoms with Crippen molar-refractivity contribution in [2.45, 2.75) is 122 Å². The molecule has 1 aliphatic carbocycles. The van der Waals surface area contributed by atoms with E-state index in [0.29, 0.717) is 22.1 Å². The molecule has 1 saturated carbocycles. The minimum absolute atomic E-state index is 0.0480. The van der Waals surface area contributed by atoms with E-state index < -0.39 is 38.3 Å². The van der Waals surface area contributed by atoms with E-state index in [9.17, 15) is 15.0 Å². The van der Waals surface area contributed by atoms with Crippen LogP contribution in [0.15, 0.2) is 18.5 Å². The third-order valence-corrected chi connectivity index (χ3v) is 16.8. The van der Waals surface area contributed by atoms with E-state index in [-0.39, 0.29) is 25.6 Å². The first-order chi connectivity index (χ1) is 18.4. The summed E-state index contributed by atoms with van der Waals surface area (Å²) in [5.41, 5.74) is 1.29. The molecule has 2 aliphatic rings. The summed E-state index contributed by atoms with van der Waals surface area (Å²) < 4.78 is 20.5. The Kier molecular flexibility index (Phi) is 8.08. The van der Waals surface area contributed by atoms with Crippen molar-refractivity contribution in [1.29, 1.82) is 0 Å². The Morgan fingerprint density at radius 2 is 1.65 bits per heavy atom. The predicted octanol–water partition coefficient (Wildman–Crippen LogP) is 5.29. The van der Waals surface area contributed by atoms with Crippen molar-refractivity contribution in [2.75, 3.05) is 13.8 Å². The number of hydrogen-bond donors (Lipinski definition) is 2. The number of aromatic nitrogens is 2. The lowest BCUT2D eigenvalue weighted by Gasteiger charge is -2.48. The van der Waals surface area contributed by atoms with Crippen LogP contribution >= 0.6 is 0 Å². The van der Waals surface area contributed by atoms with Crippen LogP contribution in [0.1, 0.15) is 87.6 Å². The monoisotopic (exact) mass is 573 g/mol. The molecular weight excluding hydrogens is 525 g/mol. The maximum atomic E-state index is 12.2. The van der Waals surface area contributed by atoms with Gasteiger partial charge in [0.1, 0.15) is 12.4 Å². The summed E-state index contributed by atoms with van der Waals surface area (Å²) in [4.78, 5) is 18.2. The molecule has 0 radical (unpaired) electrons. The van der Waals surface area contributed by atoms with Gasteiger partial charge in [-0.15, -0.1) is 0 Å². The second-order valence-corrected chi connectivity index (χ2v) is 19.4. The van der Waals surface area contributed by atoms with E-state index >= 15 is 0 Å². The molecule has 2 fully saturated rings. The second-order valence-electron chi connectivity index (χ2n) is 13.7. The number of rotatable bonds is 9. The van der Waals surface area contributed by atoms with Crippen molar-refractivity contribution in [1.82, 2.24) is 14.1 Å². The van der Waals surface area contributed by atoms with Gasteiger partial charge in [0.25, 0.3) is 0 Å². The van der Waals surface area contributed by atoms with Crippen molar-refractivity contribution in [3.63, 3.8) is 0 Å². The van der Waals surface area contributed by atoms with Crippen LogP contribution in [0.3, 0.4) is 0 Å². The quantitative estimate of drug-likeness (QED) is 0.310. The number of carbonyl (C=O) groups is 1. The van der Waals surface area contributed by atoms with Gasteiger partial charge in [0, 0.05) is 43.0 Å². The fraction of sp³-hybridized carbons (Fsp3) is 0.724. The summed E-state index contributed by atoms with van der Waals surface area (Å²) in [5, 5.41) is 22.8. The van der Waals surface area contributed by atoms with Gasteiger partial charge in [-0.3, -0.25) is 4.90 Å². The average Bonchev–Trinajstić information content (AvgIpc) is 3.31. The number of carboxylic acid groups (broad SMARTS) is 1. The van der Waals surface area contributed by atoms with E-state index in [2.05, 4.69) is 58.0 Å². The van der Waals surface area contributed by atoms with Gasteiger partial charge in [-0.25, -0.2) is 9.78 Å². The third-order valence-electron chi connectivity index (χ3n) is 10.0. The Morgan fingerprint density at radius 1 is 1.12 bits per heavy atom. The summed E-state index contributed by atoms with van der Waals surface area (Å²) >= 11 is 0. The lowest BCUT2D eigenvalue weighted by Crippen LogP contribution is -2.57. The molecule has 4 rings (SSSR count). The lowest BCUT2D eigenvalue weighted by molar-refractivity contribution is -0.106. The van der Waals surface area contributed by atoms with Gasteiger partial charge < -0.3 is 28.5 Å². The predicted molar refractivity (Wildman–Crippen MR) is 161 cm³/mol. The second kappa shape index (κ2) is 10.4. The number of aliphatic hydroxyl groups is 1. The molecule has 3 heterocycles. The minimum atomic E-state index is -2.13. The lowest BCUT2D eigenvalue weighted by atomic mass is 9.63. The molecular formula is C29H48BN3O6Si. The number of ether oxygens (including phenoxy) is 1. The molecule has 2 aromatic heterocycles. The summed E-state index contributed by atoms with van der Waals surface area (Å²) in [7, 11) is -1.37. The Bertz CT molecular complexity index is 1220. The first kappa shape index (κ1) is 31.0. The maximum Gasteiger partial charge on any atom is 0.496 e. The van der Waals surface area contributed by atoms with Crippen molar-refractivity contribution in [3.05, 3.63) is 24.0 Å². The van der Waals surface area contributed by atoms with Crippen LogP contribution in [0, 0.1) is 0 Å². The Balaban J connectivity index is 1.91. The minimum Gasteiger partial charge on any atom is -0.465 e. The molecule has 1 saturated heterocycles. The van der Waals surface area contributed by atoms with Gasteiger partial charge in [0.2, 0.25) is 0 Å². The molecule has 9 nitrogen and oxygen atoms in total. The molecule has 222 valence electrons. The standard InChI is InChI=1S/C29H48BN3O6Si/c1-18(2)40(19(3)4,20(5)6)33-13-12-22-24(29(36)14-21(15-29)32(17-37-11)26(34)35)23(16-31-25(22)33)30-38-27(7,8)28(9,10)39-30/h12-13,16,18-21,36H,14-15,17H2,1-11H3,(H,34,35). The maximum absolute atomic E-state index is 12.2. The summed E-state index contributed by atoms with van der Waals surface area (Å²) in [6, 6.07) is 1.71. The van der Waals surface area contributed by atoms with Gasteiger partial charge in [-0.1, -0.05) is 41.5 Å². The molecule has 11 heteroatoms. The Morgan fingerprint density at radius 3 is 2.10 bits per heavy atom. The van der Waals surface area contributed by atoms with E-state index in [1.807, 2.05) is 33.9 Å². The van der Waals surface area contributed by atoms with Crippen molar-refractivity contribution < 1.29 is 29.1 Å². The van der Waals surface area contributed by atoms with E-state index in [1.54, 1.807) is 0 Å². The first-order valence-corrected chi connectivity index (χ1v) is 16.7. The highest BCUT2D eigenvalue weighted by molar-refractivity contribution is 6.82. The number of fused-ring (bicyclic) bond motifs is 1. The number of pyridine rings is 1. The normalized spacial score (nSPS) is 24.4. The summed E-state index contributed by atoms with van der Waals surface area (Å²) in [6.07, 6.45) is 3.41. The summed E-state index contributed by atoms with van der Waals surface area (Å²) in [6.45, 7) is 21.9. The van der Waals surface area contributed by atoms with Crippen LogP contribution in [0.25, 0.3) is 11.0 Å². The molecule has 0 aromatic carbocycles. The van der Waals surface area contributed by atoms with E-state index in [0.717, 1.165) is 16.6 Å². The fourth-order valence-corrected chi connectivity index (χ4v) is 14.1. The Hall–Kier alpha value is -1.92. The van der Waals surface area contributed by atoms with Crippen LogP contribution < -0.4 is 5.46 Å². The molecule has 2 aromatic rings. The zero-order chi connectivity index (χ0) is 30.0. The van der Waals surface area contributed by atoms with Crippen LogP contribution in [-0.2, 0) is 19.6 Å². The van der Waals surface area contributed by atoms with Crippen LogP contribution in [0.5, 0.6) is 0 Å². The van der Waals surface area contributed by atoms with Gasteiger partial charge in [0.05, 0.1) is 16.8 Å². The van der Waals surface area contributed by atoms with Crippen molar-refractivity contribution in [3.8, 4) is 0 Å². The molecule has 1 amide bonds. The number of hydrogen-bond acceptors (Lipinski definition) is 6. The first-order valence-electron chi connectivity index (χ1n) is 14.5. The summed E-state index contributed by atoms with van der Waals surface area (Å²) in [5.74, 6) is 0. The number of methoxy groups -OCH3 is 1. The third kappa shape index (κ3) is 4.62. The van der Waals surface area contributed by atoms with Crippen molar-refractivity contribution >= 4 is 37.9 Å². The SMILES string of the molecule is COCN(C(=O)O)C1CC(O)(c2c(B3OC(C)(C)C(C)(C)O3)cnc3c2ccn3[Si](C(C)C)(C(C)C)C(C)C)C1. The van der Waals surface area contributed by atoms with Crippen LogP contribution in [-0.4, -0.2) is 76.9 Å². The highest BCUT2D eigenvalue weighted by atomic mass is 28.3. The van der Waals surface area contributed by atoms with Gasteiger partial charge in [-0.05, 0) is 62.1 Å². The zero-order valence-corrected chi connectivity index (χ0v) is 27.1. The Labute approximate surface area is 240 Å². The van der Waals surface area contributed by atoms with E-state index in [1.165, 1.54) is 12.0 Å². The zero-order valence-electron chi connectivity index (χ0n) is 26.1. The molecule has 1 aliphatic heterocycles. The number of amides is 1. The molecule has 2 N–H and O–H groups in total. The van der Waals surface area contributed by atoms with Gasteiger partial charge in [0.15, 0.2) is 8.24 Å². The molecule has 0 unspecified atom stereocenters. The molecule has 0 spiro atoms. The molecule has 0 atom stereocenters. The smallest absolute Gasteiger partial charge is 0.465 e. The van der Waals surface area contributed by atoms with E-state index in [4.69, 9.17) is 19.0 Å². The van der Waals surface area contributed by atoms with Gasteiger partial charge >= 0.3 is 13.2 Å². The largest absolute Gasteiger partial charge is 0.496 e. The number of nitrogens with zero attached hydrogens (tertiary/aromatic N) is 3. The molecule has 0 bridgehead atoms.